The number of nitrogens with zero attached hydrogens (tertiary/aromatic N) is 2. The van der Waals surface area contributed by atoms with E-state index < -0.39 is 0 Å². The van der Waals surface area contributed by atoms with Gasteiger partial charge in [-0.1, -0.05) is 49.4 Å². The van der Waals surface area contributed by atoms with Crippen LogP contribution >= 0.6 is 11.6 Å². The normalized spacial score (nSPS) is 12.6. The molecule has 2 aromatic carbocycles. The van der Waals surface area contributed by atoms with Gasteiger partial charge in [-0.3, -0.25) is 9.98 Å². The topological polar surface area (TPSA) is 46.0 Å². The van der Waals surface area contributed by atoms with Crippen molar-refractivity contribution in [2.45, 2.75) is 27.2 Å². The summed E-state index contributed by atoms with van der Waals surface area (Å²) in [6.07, 6.45) is 8.05. The Morgan fingerprint density at radius 2 is 1.94 bits per heavy atom. The molecule has 0 saturated heterocycles. The van der Waals surface area contributed by atoms with Gasteiger partial charge in [-0.2, -0.15) is 0 Å². The molecule has 168 valence electrons. The van der Waals surface area contributed by atoms with Gasteiger partial charge >= 0.3 is 0 Å². The molecule has 0 aliphatic heterocycles. The summed E-state index contributed by atoms with van der Waals surface area (Å²) in [6.45, 7) is 10.1. The van der Waals surface area contributed by atoms with E-state index in [9.17, 15) is 4.39 Å². The number of rotatable bonds is 9. The minimum absolute atomic E-state index is 0.279. The van der Waals surface area contributed by atoms with E-state index in [-0.39, 0.29) is 12.4 Å². The summed E-state index contributed by atoms with van der Waals surface area (Å²) in [6, 6.07) is 10.3. The third kappa shape index (κ3) is 7.20. The van der Waals surface area contributed by atoms with Crippen molar-refractivity contribution in [3.8, 4) is 16.9 Å². The van der Waals surface area contributed by atoms with E-state index in [0.29, 0.717) is 22.3 Å². The molecule has 0 spiro atoms. The lowest BCUT2D eigenvalue weighted by atomic mass is 9.98. The summed E-state index contributed by atoms with van der Waals surface area (Å²) in [7, 11) is 1.63. The average Bonchev–Trinajstić information content (AvgIpc) is 2.80. The van der Waals surface area contributed by atoms with Crippen molar-refractivity contribution in [3.05, 3.63) is 89.0 Å². The van der Waals surface area contributed by atoms with Crippen LogP contribution in [-0.4, -0.2) is 25.7 Å². The number of benzene rings is 2. The second-order valence-corrected chi connectivity index (χ2v) is 7.41. The third-order valence-corrected chi connectivity index (χ3v) is 4.97. The van der Waals surface area contributed by atoms with Gasteiger partial charge < -0.3 is 10.1 Å². The van der Waals surface area contributed by atoms with Crippen LogP contribution in [0.1, 0.15) is 31.4 Å². The van der Waals surface area contributed by atoms with Gasteiger partial charge in [0.1, 0.15) is 17.4 Å². The Morgan fingerprint density at radius 3 is 2.56 bits per heavy atom. The number of allylic oxidation sites excluding steroid dienone is 3. The van der Waals surface area contributed by atoms with Crippen molar-refractivity contribution in [1.82, 2.24) is 5.32 Å². The van der Waals surface area contributed by atoms with Crippen molar-refractivity contribution in [3.63, 3.8) is 0 Å². The maximum absolute atomic E-state index is 13.4. The molecular formula is C26H29ClFN3O. The fourth-order valence-corrected chi connectivity index (χ4v) is 2.91. The maximum atomic E-state index is 13.4. The highest BCUT2D eigenvalue weighted by molar-refractivity contribution is 6.39. The van der Waals surface area contributed by atoms with Gasteiger partial charge in [0.2, 0.25) is 0 Å². The van der Waals surface area contributed by atoms with E-state index in [2.05, 4.69) is 23.8 Å². The van der Waals surface area contributed by atoms with Gasteiger partial charge in [-0.05, 0) is 61.9 Å². The molecule has 0 fully saturated rings. The molecule has 0 aromatic heterocycles. The van der Waals surface area contributed by atoms with Crippen molar-refractivity contribution in [2.24, 2.45) is 9.98 Å². The lowest BCUT2D eigenvalue weighted by molar-refractivity contribution is 0.412. The molecule has 1 N–H and O–H groups in total. The molecule has 0 aliphatic carbocycles. The van der Waals surface area contributed by atoms with Gasteiger partial charge in [-0.15, -0.1) is 0 Å². The number of hydrogen-bond donors (Lipinski definition) is 1. The van der Waals surface area contributed by atoms with Crippen LogP contribution in [0.4, 0.5) is 4.39 Å². The van der Waals surface area contributed by atoms with Crippen LogP contribution in [-0.2, 0) is 0 Å². The van der Waals surface area contributed by atoms with Crippen LogP contribution in [0, 0.1) is 12.7 Å². The number of ether oxygens (including phenoxy) is 1. The van der Waals surface area contributed by atoms with Gasteiger partial charge in [0.15, 0.2) is 0 Å². The molecule has 0 heterocycles. The number of halogens is 2. The summed E-state index contributed by atoms with van der Waals surface area (Å²) in [5.41, 5.74) is 4.15. The first-order valence-electron chi connectivity index (χ1n) is 10.3. The Labute approximate surface area is 194 Å². The Hall–Kier alpha value is -3.18. The van der Waals surface area contributed by atoms with Crippen molar-refractivity contribution in [2.75, 3.05) is 13.7 Å². The van der Waals surface area contributed by atoms with E-state index in [0.717, 1.165) is 28.7 Å². The number of nitrogens with one attached hydrogen (secondary N) is 1. The number of aliphatic imine (C=N–C) groups is 2. The zero-order valence-corrected chi connectivity index (χ0v) is 19.7. The largest absolute Gasteiger partial charge is 0.496 e. The molecule has 32 heavy (non-hydrogen) atoms. The van der Waals surface area contributed by atoms with Gasteiger partial charge in [-0.25, -0.2) is 4.39 Å². The first-order chi connectivity index (χ1) is 15.4. The van der Waals surface area contributed by atoms with Crippen LogP contribution < -0.4 is 10.1 Å². The second kappa shape index (κ2) is 12.6. The highest BCUT2D eigenvalue weighted by Gasteiger charge is 2.14. The number of hydrogen-bond acceptors (Lipinski definition) is 3. The Kier molecular flexibility index (Phi) is 9.89. The number of amidine groups is 1. The molecule has 0 atom stereocenters. The first kappa shape index (κ1) is 25.1. The summed E-state index contributed by atoms with van der Waals surface area (Å²) in [5, 5.41) is 3.81. The van der Waals surface area contributed by atoms with Crippen LogP contribution in [0.5, 0.6) is 5.75 Å². The maximum Gasteiger partial charge on any atom is 0.133 e. The highest BCUT2D eigenvalue weighted by Crippen LogP contribution is 2.30. The first-order valence-corrected chi connectivity index (χ1v) is 10.7. The summed E-state index contributed by atoms with van der Waals surface area (Å²) < 4.78 is 19.0. The third-order valence-electron chi connectivity index (χ3n) is 4.65. The van der Waals surface area contributed by atoms with Crippen LogP contribution in [0.25, 0.3) is 11.1 Å². The summed E-state index contributed by atoms with van der Waals surface area (Å²) >= 11 is 5.97. The van der Waals surface area contributed by atoms with Gasteiger partial charge in [0.25, 0.3) is 0 Å². The Bertz CT molecular complexity index is 1050. The predicted molar refractivity (Wildman–Crippen MR) is 134 cm³/mol. The fraction of sp³-hybridized carbons (Fsp3) is 0.231. The molecule has 0 saturated carbocycles. The van der Waals surface area contributed by atoms with E-state index >= 15 is 0 Å². The van der Waals surface area contributed by atoms with E-state index in [1.165, 1.54) is 12.1 Å². The Morgan fingerprint density at radius 1 is 1.22 bits per heavy atom. The fourth-order valence-electron chi connectivity index (χ4n) is 2.86. The van der Waals surface area contributed by atoms with E-state index in [1.807, 2.05) is 38.3 Å². The molecule has 0 aliphatic rings. The summed E-state index contributed by atoms with van der Waals surface area (Å²) in [5.74, 6) is 1.09. The van der Waals surface area contributed by atoms with Crippen LogP contribution in [0.3, 0.4) is 0 Å². The molecule has 2 aromatic rings. The minimum Gasteiger partial charge on any atom is -0.496 e. The highest BCUT2D eigenvalue weighted by atomic mass is 35.5. The molecule has 6 heteroatoms. The van der Waals surface area contributed by atoms with Gasteiger partial charge in [0.05, 0.1) is 24.4 Å². The van der Waals surface area contributed by atoms with Crippen molar-refractivity contribution >= 4 is 23.7 Å². The quantitative estimate of drug-likeness (QED) is 0.335. The predicted octanol–water partition coefficient (Wildman–Crippen LogP) is 6.80. The minimum atomic E-state index is -0.279. The molecule has 4 nitrogen and oxygen atoms in total. The lowest BCUT2D eigenvalue weighted by Gasteiger charge is -2.16. The van der Waals surface area contributed by atoms with Gasteiger partial charge in [0, 0.05) is 17.3 Å². The zero-order chi connectivity index (χ0) is 23.5. The lowest BCUT2D eigenvalue weighted by Crippen LogP contribution is -2.21. The van der Waals surface area contributed by atoms with Crippen LogP contribution in [0.15, 0.2) is 82.0 Å². The number of methoxy groups -OCH3 is 1. The Balaban J connectivity index is 2.50. The monoisotopic (exact) mass is 453 g/mol. The summed E-state index contributed by atoms with van der Waals surface area (Å²) in [4.78, 5) is 8.97. The molecular weight excluding hydrogens is 425 g/mol. The van der Waals surface area contributed by atoms with Crippen molar-refractivity contribution in [1.29, 1.82) is 0 Å². The van der Waals surface area contributed by atoms with E-state index in [4.69, 9.17) is 21.3 Å². The van der Waals surface area contributed by atoms with Crippen LogP contribution in [0.2, 0.25) is 0 Å². The molecule has 0 amide bonds. The smallest absolute Gasteiger partial charge is 0.133 e. The molecule has 0 bridgehead atoms. The molecule has 0 unspecified atom stereocenters. The molecule has 2 rings (SSSR count). The molecule has 0 radical (unpaired) electrons. The van der Waals surface area contributed by atoms with E-state index in [1.54, 1.807) is 31.5 Å². The zero-order valence-electron chi connectivity index (χ0n) is 19.0. The second-order valence-electron chi connectivity index (χ2n) is 6.98. The average molecular weight is 454 g/mol. The standard InChI is InChI=1S/C26H29ClFN3O/c1-6-8-13-29-26(31-16-18(3)30-17-22(27)7-2)24-14-21(15-25(32-5)19(24)4)20-9-11-23(28)12-10-20/h7-15,17H,3,6,16H2,1-2,4-5H3,(H,29,31)/b13-8+,22-7+,30-17?. The van der Waals surface area contributed by atoms with Crippen molar-refractivity contribution < 1.29 is 9.13 Å². The SMILES string of the molecule is C=C(CN=C(N/C=C/CC)c1cc(-c2ccc(F)cc2)cc(OC)c1C)N=C/C(Cl)=C\C.